The molecule has 238 valence electrons. The van der Waals surface area contributed by atoms with Gasteiger partial charge in [-0.15, -0.1) is 0 Å². The van der Waals surface area contributed by atoms with Gasteiger partial charge in [0.1, 0.15) is 17.4 Å². The van der Waals surface area contributed by atoms with E-state index >= 15 is 0 Å². The van der Waals surface area contributed by atoms with Gasteiger partial charge in [0.25, 0.3) is 0 Å². The van der Waals surface area contributed by atoms with Crippen LogP contribution in [-0.4, -0.2) is 72.2 Å². The molecule has 2 aliphatic rings. The number of hydrogen-bond donors (Lipinski definition) is 2. The number of methoxy groups -OCH3 is 1. The number of amidine groups is 1. The van der Waals surface area contributed by atoms with Crippen molar-refractivity contribution in [3.63, 3.8) is 0 Å². The number of carbonyl (C=O) groups is 2. The smallest absolute Gasteiger partial charge is 0.416 e. The Balaban J connectivity index is 1.52. The van der Waals surface area contributed by atoms with E-state index in [1.807, 2.05) is 29.2 Å². The number of piperazine rings is 1. The Hall–Kier alpha value is -4.65. The van der Waals surface area contributed by atoms with E-state index in [4.69, 9.17) is 14.6 Å². The van der Waals surface area contributed by atoms with Gasteiger partial charge < -0.3 is 24.8 Å². The molecular formula is C32H32F4N4O5. The minimum absolute atomic E-state index is 0.0213. The van der Waals surface area contributed by atoms with Gasteiger partial charge in [0.15, 0.2) is 6.23 Å². The number of anilines is 2. The second-order valence-electron chi connectivity index (χ2n) is 10.9. The SMILES string of the molecule is COc1ccc(CC[C@H]2CN(C3=Nc4cc(F)ccc4Nc4ccc(C(F)(F)F)cc43)CC(OC(=O)CCC(=O)O)N2C)cc1. The Bertz CT molecular complexity index is 1600. The predicted octanol–water partition coefficient (Wildman–Crippen LogP) is 5.97. The standard InChI is InChI=1S/C32H32F4N4O5/c1-39-22(8-3-19-4-9-23(44-2)10-5-19)17-40(18-28(39)45-30(43)14-13-29(41)42)31-24-15-20(32(34,35)36)6-11-25(24)37-26-12-7-21(33)16-27(26)38-31/h4-7,9-12,15-16,22,28,37H,3,8,13-14,17-18H2,1-2H3,(H,41,42)/t22-,28?/m0/s1. The Kier molecular flexibility index (Phi) is 9.28. The van der Waals surface area contributed by atoms with Crippen LogP contribution in [0, 0.1) is 5.82 Å². The van der Waals surface area contributed by atoms with Crippen molar-refractivity contribution in [3.05, 3.63) is 83.2 Å². The molecule has 0 amide bonds. The molecule has 3 aromatic carbocycles. The third kappa shape index (κ3) is 7.54. The number of aliphatic imine (C=N–C) groups is 1. The summed E-state index contributed by atoms with van der Waals surface area (Å²) in [7, 11) is 3.36. The minimum Gasteiger partial charge on any atom is -0.497 e. The first-order valence-electron chi connectivity index (χ1n) is 14.3. The van der Waals surface area contributed by atoms with Gasteiger partial charge in [0, 0.05) is 29.9 Å². The van der Waals surface area contributed by atoms with Crippen molar-refractivity contribution < 1.29 is 41.7 Å². The third-order valence-electron chi connectivity index (χ3n) is 7.92. The first-order chi connectivity index (χ1) is 21.4. The largest absolute Gasteiger partial charge is 0.497 e. The molecule has 0 aliphatic carbocycles. The highest BCUT2D eigenvalue weighted by molar-refractivity contribution is 6.08. The van der Waals surface area contributed by atoms with E-state index in [-0.39, 0.29) is 36.1 Å². The van der Waals surface area contributed by atoms with Crippen LogP contribution in [0.2, 0.25) is 0 Å². The molecule has 9 nitrogen and oxygen atoms in total. The minimum atomic E-state index is -4.63. The number of esters is 1. The highest BCUT2D eigenvalue weighted by Gasteiger charge is 2.38. The lowest BCUT2D eigenvalue weighted by atomic mass is 10.00. The molecule has 1 saturated heterocycles. The number of benzene rings is 3. The fraction of sp³-hybridized carbons (Fsp3) is 0.344. The normalized spacial score (nSPS) is 18.2. The molecule has 1 unspecified atom stereocenters. The summed E-state index contributed by atoms with van der Waals surface area (Å²) in [5.74, 6) is -1.57. The topological polar surface area (TPSA) is 104 Å². The van der Waals surface area contributed by atoms with E-state index in [0.717, 1.165) is 17.7 Å². The van der Waals surface area contributed by atoms with Crippen molar-refractivity contribution in [3.8, 4) is 5.75 Å². The molecule has 0 radical (unpaired) electrons. The molecule has 0 bridgehead atoms. The lowest BCUT2D eigenvalue weighted by Crippen LogP contribution is -2.60. The van der Waals surface area contributed by atoms with Crippen molar-refractivity contribution in [1.29, 1.82) is 0 Å². The van der Waals surface area contributed by atoms with Crippen LogP contribution >= 0.6 is 0 Å². The molecule has 0 spiro atoms. The molecule has 13 heteroatoms. The number of rotatable bonds is 8. The maximum Gasteiger partial charge on any atom is 0.416 e. The van der Waals surface area contributed by atoms with Gasteiger partial charge in [-0.05, 0) is 67.9 Å². The summed E-state index contributed by atoms with van der Waals surface area (Å²) in [4.78, 5) is 32.0. The molecule has 45 heavy (non-hydrogen) atoms. The fourth-order valence-electron chi connectivity index (χ4n) is 5.42. The molecule has 2 heterocycles. The highest BCUT2D eigenvalue weighted by atomic mass is 19.4. The number of aryl methyl sites for hydroxylation is 1. The first kappa shape index (κ1) is 31.8. The summed E-state index contributed by atoms with van der Waals surface area (Å²) in [5, 5.41) is 12.1. The second kappa shape index (κ2) is 13.1. The fourth-order valence-corrected chi connectivity index (χ4v) is 5.42. The maximum absolute atomic E-state index is 14.3. The number of alkyl halides is 3. The van der Waals surface area contributed by atoms with Gasteiger partial charge >= 0.3 is 18.1 Å². The van der Waals surface area contributed by atoms with Gasteiger partial charge in [0.05, 0.1) is 43.4 Å². The Morgan fingerprint density at radius 1 is 1.02 bits per heavy atom. The highest BCUT2D eigenvalue weighted by Crippen LogP contribution is 2.39. The average Bonchev–Trinajstić information content (AvgIpc) is 3.16. The number of carboxylic acids is 1. The summed E-state index contributed by atoms with van der Waals surface area (Å²) in [6.45, 7) is 0.322. The van der Waals surface area contributed by atoms with Crippen molar-refractivity contribution in [2.24, 2.45) is 4.99 Å². The number of carbonyl (C=O) groups excluding carboxylic acids is 1. The zero-order valence-corrected chi connectivity index (χ0v) is 24.6. The second-order valence-corrected chi connectivity index (χ2v) is 10.9. The maximum atomic E-state index is 14.3. The van der Waals surface area contributed by atoms with E-state index in [1.165, 1.54) is 24.3 Å². The van der Waals surface area contributed by atoms with Crippen LogP contribution in [0.5, 0.6) is 5.75 Å². The van der Waals surface area contributed by atoms with E-state index in [9.17, 15) is 27.2 Å². The number of aliphatic carboxylic acids is 1. The molecule has 0 saturated carbocycles. The van der Waals surface area contributed by atoms with E-state index in [2.05, 4.69) is 10.3 Å². The van der Waals surface area contributed by atoms with Crippen LogP contribution in [0.3, 0.4) is 0 Å². The van der Waals surface area contributed by atoms with Crippen LogP contribution in [0.4, 0.5) is 34.6 Å². The van der Waals surface area contributed by atoms with E-state index in [1.54, 1.807) is 19.1 Å². The number of likely N-dealkylation sites (N-methyl/N-ethyl adjacent to an activating group) is 1. The molecule has 2 aliphatic heterocycles. The van der Waals surface area contributed by atoms with Gasteiger partial charge in [-0.25, -0.2) is 9.38 Å². The molecule has 3 aromatic rings. The van der Waals surface area contributed by atoms with Crippen LogP contribution in [0.1, 0.15) is 36.0 Å². The Morgan fingerprint density at radius 3 is 2.44 bits per heavy atom. The zero-order chi connectivity index (χ0) is 32.3. The van der Waals surface area contributed by atoms with Crippen molar-refractivity contribution in [2.45, 2.75) is 44.1 Å². The number of ether oxygens (including phenoxy) is 2. The summed E-state index contributed by atoms with van der Waals surface area (Å²) in [6, 6.07) is 14.5. The number of nitrogens with zero attached hydrogens (tertiary/aromatic N) is 3. The van der Waals surface area contributed by atoms with Gasteiger partial charge in [-0.1, -0.05) is 12.1 Å². The molecule has 1 fully saturated rings. The van der Waals surface area contributed by atoms with Crippen LogP contribution < -0.4 is 10.1 Å². The van der Waals surface area contributed by atoms with Crippen LogP contribution in [0.25, 0.3) is 0 Å². The molecule has 0 aromatic heterocycles. The quantitative estimate of drug-likeness (QED) is 0.232. The monoisotopic (exact) mass is 628 g/mol. The molecule has 2 atom stereocenters. The average molecular weight is 629 g/mol. The molecule has 5 rings (SSSR count). The lowest BCUT2D eigenvalue weighted by Gasteiger charge is -2.45. The predicted molar refractivity (Wildman–Crippen MR) is 159 cm³/mol. The summed E-state index contributed by atoms with van der Waals surface area (Å²) >= 11 is 0. The van der Waals surface area contributed by atoms with Crippen LogP contribution in [-0.2, 0) is 26.9 Å². The third-order valence-corrected chi connectivity index (χ3v) is 7.92. The number of hydrogen-bond acceptors (Lipinski definition) is 8. The van der Waals surface area contributed by atoms with Crippen molar-refractivity contribution in [1.82, 2.24) is 9.80 Å². The summed E-state index contributed by atoms with van der Waals surface area (Å²) < 4.78 is 66.9. The van der Waals surface area contributed by atoms with Crippen molar-refractivity contribution in [2.75, 3.05) is 32.6 Å². The Labute approximate surface area is 257 Å². The Morgan fingerprint density at radius 2 is 1.76 bits per heavy atom. The van der Waals surface area contributed by atoms with E-state index in [0.29, 0.717) is 36.5 Å². The van der Waals surface area contributed by atoms with Crippen LogP contribution in [0.15, 0.2) is 65.7 Å². The molecule has 2 N–H and O–H groups in total. The lowest BCUT2D eigenvalue weighted by molar-refractivity contribution is -0.167. The number of fused-ring (bicyclic) bond motifs is 2. The number of nitrogens with one attached hydrogen (secondary N) is 1. The summed E-state index contributed by atoms with van der Waals surface area (Å²) in [5.41, 5.74) is 1.24. The van der Waals surface area contributed by atoms with Gasteiger partial charge in [-0.2, -0.15) is 13.2 Å². The number of carboxylic acid groups (broad SMARTS) is 1. The number of halogens is 4. The van der Waals surface area contributed by atoms with Crippen molar-refractivity contribution >= 4 is 34.8 Å². The van der Waals surface area contributed by atoms with Gasteiger partial charge in [0.2, 0.25) is 0 Å². The van der Waals surface area contributed by atoms with Gasteiger partial charge in [-0.3, -0.25) is 14.5 Å². The van der Waals surface area contributed by atoms with E-state index < -0.39 is 42.1 Å². The summed E-state index contributed by atoms with van der Waals surface area (Å²) in [6.07, 6.45) is -5.05. The zero-order valence-electron chi connectivity index (χ0n) is 24.6. The molecular weight excluding hydrogens is 596 g/mol. The first-order valence-corrected chi connectivity index (χ1v) is 14.3.